The lowest BCUT2D eigenvalue weighted by Gasteiger charge is -2.35. The predicted molar refractivity (Wildman–Crippen MR) is 109 cm³/mol. The molecule has 1 aliphatic rings. The summed E-state index contributed by atoms with van der Waals surface area (Å²) in [5.74, 6) is -0.297. The normalized spacial score (nSPS) is 14.1. The molecule has 1 saturated heterocycles. The zero-order valence-electron chi connectivity index (χ0n) is 16.8. The van der Waals surface area contributed by atoms with Crippen LogP contribution in [0.15, 0.2) is 42.7 Å². The molecule has 154 valence electrons. The quantitative estimate of drug-likeness (QED) is 0.666. The molecule has 1 aromatic heterocycles. The van der Waals surface area contributed by atoms with Gasteiger partial charge < -0.3 is 14.5 Å². The van der Waals surface area contributed by atoms with Crippen LogP contribution in [0.1, 0.15) is 26.3 Å². The molecule has 0 saturated carbocycles. The van der Waals surface area contributed by atoms with Crippen LogP contribution >= 0.6 is 0 Å². The van der Waals surface area contributed by atoms with Crippen LogP contribution in [0.4, 0.5) is 4.39 Å². The third-order valence-corrected chi connectivity index (χ3v) is 5.28. The molecule has 3 aromatic rings. The smallest absolute Gasteiger partial charge is 0.256 e. The Labute approximate surface area is 173 Å². The molecule has 0 bridgehead atoms. The number of piperazine rings is 1. The van der Waals surface area contributed by atoms with E-state index in [2.05, 4.69) is 9.97 Å². The van der Waals surface area contributed by atoms with Crippen LogP contribution in [-0.4, -0.2) is 64.9 Å². The van der Waals surface area contributed by atoms with Crippen LogP contribution in [0.2, 0.25) is 0 Å². The van der Waals surface area contributed by atoms with Crippen molar-refractivity contribution in [1.29, 1.82) is 0 Å². The maximum absolute atomic E-state index is 14.0. The van der Waals surface area contributed by atoms with Crippen molar-refractivity contribution in [2.45, 2.75) is 6.92 Å². The molecule has 0 N–H and O–H groups in total. The highest BCUT2D eigenvalue weighted by molar-refractivity contribution is 6.04. The summed E-state index contributed by atoms with van der Waals surface area (Å²) in [7, 11) is 1.57. The van der Waals surface area contributed by atoms with E-state index in [0.29, 0.717) is 48.5 Å². The van der Waals surface area contributed by atoms with Gasteiger partial charge in [0.1, 0.15) is 17.1 Å². The first-order chi connectivity index (χ1) is 14.5. The largest absolute Gasteiger partial charge is 0.496 e. The summed E-state index contributed by atoms with van der Waals surface area (Å²) < 4.78 is 19.3. The van der Waals surface area contributed by atoms with Crippen molar-refractivity contribution in [1.82, 2.24) is 19.8 Å². The second-order valence-corrected chi connectivity index (χ2v) is 7.15. The van der Waals surface area contributed by atoms with Gasteiger partial charge in [-0.2, -0.15) is 0 Å². The van der Waals surface area contributed by atoms with Crippen molar-refractivity contribution >= 4 is 22.8 Å². The third-order valence-electron chi connectivity index (χ3n) is 5.28. The first-order valence-electron chi connectivity index (χ1n) is 9.61. The lowest BCUT2D eigenvalue weighted by Crippen LogP contribution is -2.50. The van der Waals surface area contributed by atoms with Crippen molar-refractivity contribution in [2.75, 3.05) is 33.3 Å². The minimum atomic E-state index is -0.534. The van der Waals surface area contributed by atoms with E-state index in [1.54, 1.807) is 29.0 Å². The summed E-state index contributed by atoms with van der Waals surface area (Å²) in [6.45, 7) is 3.40. The number of aryl methyl sites for hydroxylation is 1. The Morgan fingerprint density at radius 1 is 0.967 bits per heavy atom. The number of hydrogen-bond donors (Lipinski definition) is 0. The number of carbonyl (C=O) groups is 2. The standard InChI is InChI=1S/C22H21FN4O3/c1-14-3-4-15(11-19(14)30-2)21(28)26-7-9-27(10-8-26)22(29)17-12-16(23)13-18-20(17)25-6-5-24-18/h3-6,11-13H,7-10H2,1-2H3. The average Bonchev–Trinajstić information content (AvgIpc) is 2.78. The molecule has 1 aliphatic heterocycles. The first-order valence-corrected chi connectivity index (χ1v) is 9.61. The molecular weight excluding hydrogens is 387 g/mol. The summed E-state index contributed by atoms with van der Waals surface area (Å²) in [6.07, 6.45) is 2.93. The van der Waals surface area contributed by atoms with Crippen molar-refractivity contribution < 1.29 is 18.7 Å². The Balaban J connectivity index is 1.49. The van der Waals surface area contributed by atoms with Gasteiger partial charge in [0.25, 0.3) is 11.8 Å². The summed E-state index contributed by atoms with van der Waals surface area (Å²) in [5, 5.41) is 0. The van der Waals surface area contributed by atoms with Crippen LogP contribution in [0.3, 0.4) is 0 Å². The second kappa shape index (κ2) is 8.06. The molecule has 30 heavy (non-hydrogen) atoms. The SMILES string of the molecule is COc1cc(C(=O)N2CCN(C(=O)c3cc(F)cc4nccnc34)CC2)ccc1C. The monoisotopic (exact) mass is 408 g/mol. The molecule has 2 heterocycles. The number of methoxy groups -OCH3 is 1. The average molecular weight is 408 g/mol. The molecule has 2 amide bonds. The van der Waals surface area contributed by atoms with Gasteiger partial charge in [0, 0.05) is 50.2 Å². The fourth-order valence-electron chi connectivity index (χ4n) is 3.62. The number of benzene rings is 2. The van der Waals surface area contributed by atoms with Gasteiger partial charge in [-0.3, -0.25) is 19.6 Å². The van der Waals surface area contributed by atoms with Crippen LogP contribution in [0.5, 0.6) is 5.75 Å². The number of carbonyl (C=O) groups excluding carboxylic acids is 2. The third kappa shape index (κ3) is 3.68. The van der Waals surface area contributed by atoms with Crippen molar-refractivity contribution in [2.24, 2.45) is 0 Å². The van der Waals surface area contributed by atoms with Crippen LogP contribution in [0, 0.1) is 12.7 Å². The molecule has 4 rings (SSSR count). The highest BCUT2D eigenvalue weighted by atomic mass is 19.1. The number of hydrogen-bond acceptors (Lipinski definition) is 5. The number of fused-ring (bicyclic) bond motifs is 1. The summed E-state index contributed by atoms with van der Waals surface area (Å²) in [4.78, 5) is 37.4. The van der Waals surface area contributed by atoms with Crippen LogP contribution in [-0.2, 0) is 0 Å². The van der Waals surface area contributed by atoms with E-state index in [1.165, 1.54) is 24.5 Å². The maximum Gasteiger partial charge on any atom is 0.256 e. The van der Waals surface area contributed by atoms with Crippen molar-refractivity contribution in [3.8, 4) is 5.75 Å². The Hall–Kier alpha value is -3.55. The lowest BCUT2D eigenvalue weighted by atomic mass is 10.1. The first kappa shape index (κ1) is 19.8. The zero-order chi connectivity index (χ0) is 21.3. The molecule has 0 radical (unpaired) electrons. The topological polar surface area (TPSA) is 75.6 Å². The van der Waals surface area contributed by atoms with Gasteiger partial charge in [-0.25, -0.2) is 4.39 Å². The minimum Gasteiger partial charge on any atom is -0.496 e. The number of nitrogens with zero attached hydrogens (tertiary/aromatic N) is 4. The molecule has 1 fully saturated rings. The van der Waals surface area contributed by atoms with Gasteiger partial charge >= 0.3 is 0 Å². The number of ether oxygens (including phenoxy) is 1. The van der Waals surface area contributed by atoms with E-state index in [9.17, 15) is 14.0 Å². The zero-order valence-corrected chi connectivity index (χ0v) is 16.8. The van der Waals surface area contributed by atoms with E-state index in [1.807, 2.05) is 13.0 Å². The van der Waals surface area contributed by atoms with Crippen LogP contribution < -0.4 is 4.74 Å². The van der Waals surface area contributed by atoms with E-state index < -0.39 is 5.82 Å². The lowest BCUT2D eigenvalue weighted by molar-refractivity contribution is 0.0536. The molecule has 0 atom stereocenters. The molecule has 0 unspecified atom stereocenters. The number of halogens is 1. The van der Waals surface area contributed by atoms with Gasteiger partial charge in [0.15, 0.2) is 0 Å². The fraction of sp³-hybridized carbons (Fsp3) is 0.273. The van der Waals surface area contributed by atoms with Gasteiger partial charge in [0.2, 0.25) is 0 Å². The van der Waals surface area contributed by atoms with Gasteiger partial charge in [-0.15, -0.1) is 0 Å². The van der Waals surface area contributed by atoms with Crippen molar-refractivity contribution in [3.63, 3.8) is 0 Å². The molecule has 0 spiro atoms. The minimum absolute atomic E-state index is 0.109. The van der Waals surface area contributed by atoms with E-state index in [4.69, 9.17) is 4.74 Å². The van der Waals surface area contributed by atoms with Crippen molar-refractivity contribution in [3.05, 3.63) is 65.2 Å². The second-order valence-electron chi connectivity index (χ2n) is 7.15. The summed E-state index contributed by atoms with van der Waals surface area (Å²) >= 11 is 0. The number of aromatic nitrogens is 2. The molecule has 7 nitrogen and oxygen atoms in total. The van der Waals surface area contributed by atoms with Gasteiger partial charge in [-0.05, 0) is 30.7 Å². The highest BCUT2D eigenvalue weighted by Crippen LogP contribution is 2.22. The Bertz CT molecular complexity index is 1130. The number of amides is 2. The van der Waals surface area contributed by atoms with Crippen LogP contribution in [0.25, 0.3) is 11.0 Å². The van der Waals surface area contributed by atoms with Gasteiger partial charge in [0.05, 0.1) is 18.2 Å². The Morgan fingerprint density at radius 3 is 2.33 bits per heavy atom. The Morgan fingerprint density at radius 2 is 1.63 bits per heavy atom. The Kier molecular flexibility index (Phi) is 5.31. The molecular formula is C22H21FN4O3. The highest BCUT2D eigenvalue weighted by Gasteiger charge is 2.27. The molecule has 0 aliphatic carbocycles. The van der Waals surface area contributed by atoms with E-state index in [0.717, 1.165) is 5.56 Å². The fourth-order valence-corrected chi connectivity index (χ4v) is 3.62. The predicted octanol–water partition coefficient (Wildman–Crippen LogP) is 2.68. The van der Waals surface area contributed by atoms with E-state index in [-0.39, 0.29) is 17.4 Å². The van der Waals surface area contributed by atoms with E-state index >= 15 is 0 Å². The maximum atomic E-state index is 14.0. The molecule has 2 aromatic carbocycles. The summed E-state index contributed by atoms with van der Waals surface area (Å²) in [6, 6.07) is 7.80. The summed E-state index contributed by atoms with van der Waals surface area (Å²) in [5.41, 5.74) is 2.39. The van der Waals surface area contributed by atoms with Gasteiger partial charge in [-0.1, -0.05) is 6.07 Å². The number of rotatable bonds is 3. The molecule has 8 heteroatoms.